The van der Waals surface area contributed by atoms with Crippen molar-refractivity contribution >= 4 is 17.5 Å². The number of nitrogens with zero attached hydrogens (tertiary/aromatic N) is 2. The van der Waals surface area contributed by atoms with Crippen LogP contribution in [0.25, 0.3) is 0 Å². The number of amides is 2. The number of hydrogen-bond acceptors (Lipinski definition) is 5. The van der Waals surface area contributed by atoms with E-state index in [-0.39, 0.29) is 36.6 Å². The first-order chi connectivity index (χ1) is 15.0. The van der Waals surface area contributed by atoms with Gasteiger partial charge in [-0.1, -0.05) is 30.3 Å². The second-order valence-electron chi connectivity index (χ2n) is 8.69. The average Bonchev–Trinajstić information content (AvgIpc) is 2.78. The van der Waals surface area contributed by atoms with Gasteiger partial charge in [0.2, 0.25) is 5.91 Å². The Morgan fingerprint density at radius 3 is 2.61 bits per heavy atom. The number of likely N-dealkylation sites (tertiary alicyclic amines) is 1. The molecule has 0 bridgehead atoms. The van der Waals surface area contributed by atoms with Crippen LogP contribution < -0.4 is 19.7 Å². The molecular formula is C24H27N3O4. The number of nitrogens with one attached hydrogen (secondary N) is 1. The second-order valence-corrected chi connectivity index (χ2v) is 8.69. The lowest BCUT2D eigenvalue weighted by molar-refractivity contribution is -0.126. The van der Waals surface area contributed by atoms with Crippen LogP contribution in [-0.4, -0.2) is 55.6 Å². The molecule has 0 saturated carbocycles. The molecule has 1 N–H and O–H groups in total. The van der Waals surface area contributed by atoms with Gasteiger partial charge in [-0.25, -0.2) is 0 Å². The molecule has 1 atom stereocenters. The molecule has 7 heteroatoms. The SMILES string of the molecule is CN1CCC2(CC1)C[C@H](NC(=O)CN1C(=O)COc3ccccc31)c1ccccc1O2. The summed E-state index contributed by atoms with van der Waals surface area (Å²) in [6.45, 7) is 1.86. The van der Waals surface area contributed by atoms with Crippen molar-refractivity contribution in [1.29, 1.82) is 0 Å². The third-order valence-corrected chi connectivity index (χ3v) is 6.54. The summed E-state index contributed by atoms with van der Waals surface area (Å²) in [6.07, 6.45) is 2.59. The lowest BCUT2D eigenvalue weighted by atomic mass is 9.80. The monoisotopic (exact) mass is 421 g/mol. The number of benzene rings is 2. The van der Waals surface area contributed by atoms with Gasteiger partial charge in [-0.05, 0) is 38.1 Å². The molecule has 0 aliphatic carbocycles. The van der Waals surface area contributed by atoms with Gasteiger partial charge in [-0.15, -0.1) is 0 Å². The molecule has 3 aliphatic rings. The molecular weight excluding hydrogens is 394 g/mol. The third-order valence-electron chi connectivity index (χ3n) is 6.54. The van der Waals surface area contributed by atoms with Crippen LogP contribution in [0.3, 0.4) is 0 Å². The number of rotatable bonds is 3. The van der Waals surface area contributed by atoms with E-state index < -0.39 is 0 Å². The maximum atomic E-state index is 13.1. The van der Waals surface area contributed by atoms with Crippen molar-refractivity contribution in [1.82, 2.24) is 10.2 Å². The number of anilines is 1. The quantitative estimate of drug-likeness (QED) is 0.825. The number of carbonyl (C=O) groups is 2. The van der Waals surface area contributed by atoms with E-state index in [0.29, 0.717) is 11.4 Å². The largest absolute Gasteiger partial charge is 0.487 e. The highest BCUT2D eigenvalue weighted by Gasteiger charge is 2.43. The topological polar surface area (TPSA) is 71.1 Å². The molecule has 1 fully saturated rings. The fraction of sp³-hybridized carbons (Fsp3) is 0.417. The molecule has 2 aromatic rings. The summed E-state index contributed by atoms with van der Waals surface area (Å²) in [6, 6.07) is 15.1. The van der Waals surface area contributed by atoms with Gasteiger partial charge >= 0.3 is 0 Å². The maximum Gasteiger partial charge on any atom is 0.265 e. The van der Waals surface area contributed by atoms with Crippen LogP contribution in [0.4, 0.5) is 5.69 Å². The van der Waals surface area contributed by atoms with E-state index in [9.17, 15) is 9.59 Å². The number of ether oxygens (including phenoxy) is 2. The standard InChI is InChI=1S/C24H27N3O4/c1-26-12-10-24(11-13-26)14-18(17-6-2-4-8-20(17)31-24)25-22(28)15-27-19-7-3-5-9-21(19)30-16-23(27)29/h2-9,18H,10-16H2,1H3,(H,25,28)/t18-/m0/s1. The van der Waals surface area contributed by atoms with Crippen LogP contribution in [0.15, 0.2) is 48.5 Å². The highest BCUT2D eigenvalue weighted by molar-refractivity contribution is 6.02. The van der Waals surface area contributed by atoms with Crippen LogP contribution in [0.2, 0.25) is 0 Å². The zero-order chi connectivity index (χ0) is 21.4. The van der Waals surface area contributed by atoms with Crippen molar-refractivity contribution in [3.8, 4) is 11.5 Å². The van der Waals surface area contributed by atoms with Gasteiger partial charge in [0.05, 0.1) is 11.7 Å². The van der Waals surface area contributed by atoms with E-state index >= 15 is 0 Å². The third kappa shape index (κ3) is 3.85. The van der Waals surface area contributed by atoms with Crippen LogP contribution in [-0.2, 0) is 9.59 Å². The summed E-state index contributed by atoms with van der Waals surface area (Å²) in [5.41, 5.74) is 1.36. The first-order valence-electron chi connectivity index (χ1n) is 10.8. The Bertz CT molecular complexity index is 1000. The van der Waals surface area contributed by atoms with E-state index in [1.165, 1.54) is 4.90 Å². The van der Waals surface area contributed by atoms with Gasteiger partial charge < -0.3 is 19.7 Å². The predicted molar refractivity (Wildman–Crippen MR) is 116 cm³/mol. The van der Waals surface area contributed by atoms with Crippen molar-refractivity contribution in [2.75, 3.05) is 38.2 Å². The predicted octanol–water partition coefficient (Wildman–Crippen LogP) is 2.52. The van der Waals surface area contributed by atoms with E-state index in [4.69, 9.17) is 9.47 Å². The van der Waals surface area contributed by atoms with Crippen molar-refractivity contribution < 1.29 is 19.1 Å². The molecule has 0 unspecified atom stereocenters. The molecule has 3 aliphatic heterocycles. The molecule has 1 spiro atoms. The van der Waals surface area contributed by atoms with Crippen molar-refractivity contribution in [3.63, 3.8) is 0 Å². The Morgan fingerprint density at radius 1 is 1.10 bits per heavy atom. The Labute approximate surface area is 181 Å². The first-order valence-corrected chi connectivity index (χ1v) is 10.8. The van der Waals surface area contributed by atoms with Gasteiger partial charge in [0.15, 0.2) is 6.61 Å². The fourth-order valence-electron chi connectivity index (χ4n) is 4.79. The van der Waals surface area contributed by atoms with Crippen molar-refractivity contribution in [2.24, 2.45) is 0 Å². The molecule has 5 rings (SSSR count). The van der Waals surface area contributed by atoms with Gasteiger partial charge in [0.25, 0.3) is 5.91 Å². The van der Waals surface area contributed by atoms with E-state index in [0.717, 1.165) is 43.7 Å². The minimum Gasteiger partial charge on any atom is -0.487 e. The minimum absolute atomic E-state index is 0.0333. The minimum atomic E-state index is -0.264. The number of para-hydroxylation sites is 3. The first kappa shape index (κ1) is 19.9. The van der Waals surface area contributed by atoms with E-state index in [1.807, 2.05) is 42.5 Å². The smallest absolute Gasteiger partial charge is 0.265 e. The number of carbonyl (C=O) groups excluding carboxylic acids is 2. The van der Waals surface area contributed by atoms with Gasteiger partial charge in [0.1, 0.15) is 23.6 Å². The second kappa shape index (κ2) is 7.89. The fourth-order valence-corrected chi connectivity index (χ4v) is 4.79. The van der Waals surface area contributed by atoms with E-state index in [1.54, 1.807) is 6.07 Å². The lowest BCUT2D eigenvalue weighted by Gasteiger charge is -2.46. The molecule has 1 saturated heterocycles. The summed E-state index contributed by atoms with van der Waals surface area (Å²) < 4.78 is 12.0. The van der Waals surface area contributed by atoms with Crippen molar-refractivity contribution in [3.05, 3.63) is 54.1 Å². The summed E-state index contributed by atoms with van der Waals surface area (Å²) >= 11 is 0. The molecule has 3 heterocycles. The summed E-state index contributed by atoms with van der Waals surface area (Å²) in [4.78, 5) is 29.3. The molecule has 31 heavy (non-hydrogen) atoms. The molecule has 0 radical (unpaired) electrons. The van der Waals surface area contributed by atoms with Gasteiger partial charge in [-0.2, -0.15) is 0 Å². The van der Waals surface area contributed by atoms with E-state index in [2.05, 4.69) is 17.3 Å². The molecule has 2 amide bonds. The van der Waals surface area contributed by atoms with Crippen LogP contribution >= 0.6 is 0 Å². The van der Waals surface area contributed by atoms with Crippen LogP contribution in [0.5, 0.6) is 11.5 Å². The van der Waals surface area contributed by atoms with Crippen molar-refractivity contribution in [2.45, 2.75) is 30.9 Å². The number of piperidine rings is 1. The van der Waals surface area contributed by atoms with Gasteiger partial charge in [-0.3, -0.25) is 14.5 Å². The molecule has 162 valence electrons. The average molecular weight is 421 g/mol. The Hall–Kier alpha value is -3.06. The molecule has 0 aromatic heterocycles. The highest BCUT2D eigenvalue weighted by Crippen LogP contribution is 2.44. The lowest BCUT2D eigenvalue weighted by Crippen LogP contribution is -2.52. The van der Waals surface area contributed by atoms with Crippen LogP contribution in [0, 0.1) is 0 Å². The Morgan fingerprint density at radius 2 is 1.81 bits per heavy atom. The highest BCUT2D eigenvalue weighted by atomic mass is 16.5. The number of fused-ring (bicyclic) bond motifs is 2. The zero-order valence-corrected chi connectivity index (χ0v) is 17.7. The molecule has 2 aromatic carbocycles. The van der Waals surface area contributed by atoms with Crippen LogP contribution in [0.1, 0.15) is 30.9 Å². The Kier molecular flexibility index (Phi) is 5.06. The summed E-state index contributed by atoms with van der Waals surface area (Å²) in [5.74, 6) is 1.07. The summed E-state index contributed by atoms with van der Waals surface area (Å²) in [5, 5.41) is 3.19. The molecule has 7 nitrogen and oxygen atoms in total. The number of hydrogen-bond donors (Lipinski definition) is 1. The van der Waals surface area contributed by atoms with Gasteiger partial charge in [0, 0.05) is 25.1 Å². The normalized spacial score (nSPS) is 22.2. The maximum absolute atomic E-state index is 13.1. The Balaban J connectivity index is 1.35. The summed E-state index contributed by atoms with van der Waals surface area (Å²) in [7, 11) is 2.13. The zero-order valence-electron chi connectivity index (χ0n) is 17.7.